The predicted molar refractivity (Wildman–Crippen MR) is 137 cm³/mol. The van der Waals surface area contributed by atoms with Crippen molar-refractivity contribution in [3.8, 4) is 16.9 Å². The zero-order valence-electron chi connectivity index (χ0n) is 21.1. The molecule has 1 N–H and O–H groups in total. The molecule has 2 aromatic heterocycles. The van der Waals surface area contributed by atoms with Crippen molar-refractivity contribution in [3.63, 3.8) is 0 Å². The van der Waals surface area contributed by atoms with Crippen LogP contribution < -0.4 is 4.74 Å². The molecule has 196 valence electrons. The molecule has 37 heavy (non-hydrogen) atoms. The fourth-order valence-electron chi connectivity index (χ4n) is 4.26. The maximum atomic E-state index is 13.7. The van der Waals surface area contributed by atoms with Crippen LogP contribution in [0.1, 0.15) is 19.4 Å². The topological polar surface area (TPSA) is 126 Å². The van der Waals surface area contributed by atoms with E-state index in [2.05, 4.69) is 15.0 Å². The lowest BCUT2D eigenvalue weighted by atomic mass is 10.0. The summed E-state index contributed by atoms with van der Waals surface area (Å²) in [5.74, 6) is -0.204. The number of fused-ring (bicyclic) bond motifs is 1. The molecule has 0 aliphatic carbocycles. The van der Waals surface area contributed by atoms with Crippen LogP contribution in [0.5, 0.6) is 5.75 Å². The van der Waals surface area contributed by atoms with E-state index in [0.29, 0.717) is 11.1 Å². The molecule has 3 aromatic rings. The Labute approximate surface area is 217 Å². The van der Waals surface area contributed by atoms with E-state index in [1.807, 2.05) is 13.0 Å². The molecule has 11 heteroatoms. The second kappa shape index (κ2) is 11.3. The number of ether oxygens (including phenoxy) is 1. The molecule has 0 bridgehead atoms. The van der Waals surface area contributed by atoms with E-state index in [1.165, 1.54) is 16.7 Å². The highest BCUT2D eigenvalue weighted by atomic mass is 32.2. The van der Waals surface area contributed by atoms with E-state index in [1.54, 1.807) is 61.9 Å². The molecule has 1 aliphatic heterocycles. The maximum Gasteiger partial charge on any atom is 0.247 e. The van der Waals surface area contributed by atoms with Crippen LogP contribution >= 0.6 is 0 Å². The van der Waals surface area contributed by atoms with Gasteiger partial charge in [0.15, 0.2) is 0 Å². The molecular weight excluding hydrogens is 494 g/mol. The van der Waals surface area contributed by atoms with Crippen molar-refractivity contribution < 1.29 is 23.1 Å². The third kappa shape index (κ3) is 5.95. The molecule has 1 aromatic carbocycles. The SMILES string of the molecule is C[C@@H]1CN([C@H](C)CO)S(=O)(=O)c2ccc(-c3cncnc3)cc2O[C@@H]1CN(C)C(=O)Cc1cccnc1. The first-order valence-electron chi connectivity index (χ1n) is 12.0. The van der Waals surface area contributed by atoms with Gasteiger partial charge in [0, 0.05) is 55.9 Å². The van der Waals surface area contributed by atoms with E-state index >= 15 is 0 Å². The first-order chi connectivity index (χ1) is 17.7. The summed E-state index contributed by atoms with van der Waals surface area (Å²) in [4.78, 5) is 26.7. The molecule has 0 spiro atoms. The second-order valence-electron chi connectivity index (χ2n) is 9.34. The van der Waals surface area contributed by atoms with Crippen molar-refractivity contribution in [2.75, 3.05) is 26.7 Å². The first kappa shape index (κ1) is 26.6. The maximum absolute atomic E-state index is 13.7. The van der Waals surface area contributed by atoms with Gasteiger partial charge in [0.25, 0.3) is 0 Å². The quantitative estimate of drug-likeness (QED) is 0.497. The van der Waals surface area contributed by atoms with Crippen LogP contribution in [0.3, 0.4) is 0 Å². The fraction of sp³-hybridized carbons (Fsp3) is 0.385. The van der Waals surface area contributed by atoms with Gasteiger partial charge in [0.2, 0.25) is 15.9 Å². The van der Waals surface area contributed by atoms with Gasteiger partial charge in [-0.3, -0.25) is 9.78 Å². The van der Waals surface area contributed by atoms with E-state index in [4.69, 9.17) is 4.74 Å². The summed E-state index contributed by atoms with van der Waals surface area (Å²) in [5, 5.41) is 9.82. The number of nitrogens with zero attached hydrogens (tertiary/aromatic N) is 5. The molecule has 0 fully saturated rings. The van der Waals surface area contributed by atoms with Gasteiger partial charge in [-0.05, 0) is 36.2 Å². The molecule has 3 heterocycles. The smallest absolute Gasteiger partial charge is 0.247 e. The summed E-state index contributed by atoms with van der Waals surface area (Å²) >= 11 is 0. The van der Waals surface area contributed by atoms with E-state index in [-0.39, 0.29) is 48.6 Å². The molecule has 0 unspecified atom stereocenters. The summed E-state index contributed by atoms with van der Waals surface area (Å²) in [6.45, 7) is 3.61. The van der Waals surface area contributed by atoms with Gasteiger partial charge >= 0.3 is 0 Å². The average Bonchev–Trinajstić information content (AvgIpc) is 2.91. The Morgan fingerprint density at radius 2 is 1.95 bits per heavy atom. The summed E-state index contributed by atoms with van der Waals surface area (Å²) in [7, 11) is -2.26. The van der Waals surface area contributed by atoms with Crippen LogP contribution in [0, 0.1) is 5.92 Å². The first-order valence-corrected chi connectivity index (χ1v) is 13.5. The summed E-state index contributed by atoms with van der Waals surface area (Å²) in [6, 6.07) is 7.85. The Balaban J connectivity index is 1.69. The van der Waals surface area contributed by atoms with Gasteiger partial charge in [-0.15, -0.1) is 0 Å². The number of amides is 1. The largest absolute Gasteiger partial charge is 0.487 e. The van der Waals surface area contributed by atoms with Crippen LogP contribution in [0.15, 0.2) is 66.3 Å². The summed E-state index contributed by atoms with van der Waals surface area (Å²) in [5.41, 5.74) is 2.21. The number of rotatable bonds is 7. The van der Waals surface area contributed by atoms with Crippen LogP contribution in [0.25, 0.3) is 11.1 Å². The zero-order valence-corrected chi connectivity index (χ0v) is 21.9. The number of carbonyl (C=O) groups is 1. The summed E-state index contributed by atoms with van der Waals surface area (Å²) in [6.07, 6.45) is 7.69. The Morgan fingerprint density at radius 3 is 2.62 bits per heavy atom. The van der Waals surface area contributed by atoms with Gasteiger partial charge in [-0.2, -0.15) is 4.31 Å². The van der Waals surface area contributed by atoms with Crippen LogP contribution in [0.2, 0.25) is 0 Å². The number of aliphatic hydroxyl groups is 1. The van der Waals surface area contributed by atoms with Crippen LogP contribution in [-0.2, 0) is 21.2 Å². The van der Waals surface area contributed by atoms with E-state index < -0.39 is 22.2 Å². The number of sulfonamides is 1. The standard InChI is InChI=1S/C26H31N5O5S/c1-18-14-31(19(2)16-32)37(34,35)25-7-6-21(22-12-28-17-29-13-22)10-23(25)36-24(18)15-30(3)26(33)9-20-5-4-8-27-11-20/h4-8,10-13,17-19,24,32H,9,14-16H2,1-3H3/t18-,19-,24-/m1/s1. The molecular formula is C26H31N5O5S. The number of pyridine rings is 1. The van der Waals surface area contributed by atoms with Gasteiger partial charge in [-0.25, -0.2) is 18.4 Å². The summed E-state index contributed by atoms with van der Waals surface area (Å²) < 4.78 is 35.0. The van der Waals surface area contributed by atoms with Gasteiger partial charge in [-0.1, -0.05) is 19.1 Å². The lowest BCUT2D eigenvalue weighted by Gasteiger charge is -2.37. The minimum Gasteiger partial charge on any atom is -0.487 e. The fourth-order valence-corrected chi connectivity index (χ4v) is 6.08. The highest BCUT2D eigenvalue weighted by Gasteiger charge is 2.38. The number of aliphatic hydroxyl groups excluding tert-OH is 1. The minimum absolute atomic E-state index is 0.00893. The normalized spacial score (nSPS) is 20.1. The zero-order chi connectivity index (χ0) is 26.6. The minimum atomic E-state index is -3.97. The number of carbonyl (C=O) groups excluding carboxylic acids is 1. The van der Waals surface area contributed by atoms with E-state index in [9.17, 15) is 18.3 Å². The Kier molecular flexibility index (Phi) is 8.16. The molecule has 1 aliphatic rings. The second-order valence-corrected chi connectivity index (χ2v) is 11.2. The number of likely N-dealkylation sites (N-methyl/N-ethyl adjacent to an activating group) is 1. The van der Waals surface area contributed by atoms with Crippen molar-refractivity contribution in [2.24, 2.45) is 5.92 Å². The van der Waals surface area contributed by atoms with Crippen molar-refractivity contribution in [3.05, 3.63) is 67.0 Å². The molecule has 3 atom stereocenters. The molecule has 1 amide bonds. The number of hydrogen-bond donors (Lipinski definition) is 1. The molecule has 10 nitrogen and oxygen atoms in total. The van der Waals surface area contributed by atoms with Gasteiger partial charge in [0.1, 0.15) is 23.1 Å². The Morgan fingerprint density at radius 1 is 1.19 bits per heavy atom. The Hall–Kier alpha value is -3.41. The van der Waals surface area contributed by atoms with Crippen molar-refractivity contribution in [1.29, 1.82) is 0 Å². The molecule has 0 saturated heterocycles. The molecule has 4 rings (SSSR count). The van der Waals surface area contributed by atoms with Crippen molar-refractivity contribution in [2.45, 2.75) is 37.3 Å². The third-order valence-electron chi connectivity index (χ3n) is 6.52. The van der Waals surface area contributed by atoms with Crippen molar-refractivity contribution >= 4 is 15.9 Å². The monoisotopic (exact) mass is 525 g/mol. The lowest BCUT2D eigenvalue weighted by Crippen LogP contribution is -2.50. The number of hydrogen-bond acceptors (Lipinski definition) is 8. The van der Waals surface area contributed by atoms with E-state index in [0.717, 1.165) is 5.56 Å². The predicted octanol–water partition coefficient (Wildman–Crippen LogP) is 2.01. The third-order valence-corrected chi connectivity index (χ3v) is 8.54. The van der Waals surface area contributed by atoms with Gasteiger partial charge < -0.3 is 14.7 Å². The molecule has 0 saturated carbocycles. The number of aromatic nitrogens is 3. The van der Waals surface area contributed by atoms with Crippen LogP contribution in [-0.4, -0.2) is 82.5 Å². The lowest BCUT2D eigenvalue weighted by molar-refractivity contribution is -0.130. The van der Waals surface area contributed by atoms with Crippen molar-refractivity contribution in [1.82, 2.24) is 24.2 Å². The Bertz CT molecular complexity index is 1320. The highest BCUT2D eigenvalue weighted by Crippen LogP contribution is 2.36. The van der Waals surface area contributed by atoms with Gasteiger partial charge in [0.05, 0.1) is 19.6 Å². The van der Waals surface area contributed by atoms with Crippen LogP contribution in [0.4, 0.5) is 0 Å². The number of benzene rings is 1. The highest BCUT2D eigenvalue weighted by molar-refractivity contribution is 7.89. The average molecular weight is 526 g/mol. The molecule has 0 radical (unpaired) electrons.